The first kappa shape index (κ1) is 19.4. The van der Waals surface area contributed by atoms with Crippen LogP contribution >= 0.6 is 0 Å². The molecule has 150 valence electrons. The molecule has 4 aliphatic carbocycles. The van der Waals surface area contributed by atoms with Crippen LogP contribution < -0.4 is 0 Å². The van der Waals surface area contributed by atoms with Crippen molar-refractivity contribution in [2.75, 3.05) is 14.1 Å². The maximum absolute atomic E-state index is 12.0. The molecule has 0 aromatic rings. The molecule has 0 radical (unpaired) electrons. The third-order valence-electron chi connectivity index (χ3n) is 8.75. The van der Waals surface area contributed by atoms with E-state index in [9.17, 15) is 4.79 Å². The Hall–Kier alpha value is -0.930. The number of allylic oxidation sites excluding steroid dienone is 4. The van der Waals surface area contributed by atoms with Gasteiger partial charge in [0.25, 0.3) is 0 Å². The van der Waals surface area contributed by atoms with Gasteiger partial charge in [-0.1, -0.05) is 31.1 Å². The van der Waals surface area contributed by atoms with Gasteiger partial charge < -0.3 is 4.74 Å². The summed E-state index contributed by atoms with van der Waals surface area (Å²) in [4.78, 5) is 14.2. The van der Waals surface area contributed by atoms with Crippen molar-refractivity contribution in [3.05, 3.63) is 23.3 Å². The van der Waals surface area contributed by atoms with Gasteiger partial charge >= 0.3 is 0 Å². The smallest absolute Gasteiger partial charge is 0.155 e. The number of carbonyl (C=O) groups excluding carboxylic acids is 1. The zero-order valence-electron chi connectivity index (χ0n) is 18.1. The van der Waals surface area contributed by atoms with Gasteiger partial charge in [-0.05, 0) is 84.4 Å². The minimum absolute atomic E-state index is 0.139. The fraction of sp³-hybridized carbons (Fsp3) is 0.792. The summed E-state index contributed by atoms with van der Waals surface area (Å²) in [7, 11) is 4.21. The lowest BCUT2D eigenvalue weighted by atomic mass is 9.52. The van der Waals surface area contributed by atoms with Gasteiger partial charge in [0.2, 0.25) is 0 Å². The maximum atomic E-state index is 12.0. The number of ketones is 1. The van der Waals surface area contributed by atoms with Gasteiger partial charge in [0.1, 0.15) is 5.72 Å². The van der Waals surface area contributed by atoms with E-state index >= 15 is 0 Å². The van der Waals surface area contributed by atoms with Gasteiger partial charge in [-0.15, -0.1) is 0 Å². The molecule has 5 atom stereocenters. The molecule has 3 heteroatoms. The number of carbonyl (C=O) groups is 1. The molecule has 2 saturated carbocycles. The van der Waals surface area contributed by atoms with Gasteiger partial charge in [-0.2, -0.15) is 0 Å². The summed E-state index contributed by atoms with van der Waals surface area (Å²) in [6, 6.07) is 0. The van der Waals surface area contributed by atoms with Gasteiger partial charge in [0.15, 0.2) is 5.78 Å². The van der Waals surface area contributed by atoms with Gasteiger partial charge in [0.05, 0.1) is 6.10 Å². The van der Waals surface area contributed by atoms with Crippen LogP contribution in [0.5, 0.6) is 0 Å². The predicted octanol–water partition coefficient (Wildman–Crippen LogP) is 5.12. The molecule has 4 rings (SSSR count). The zero-order valence-corrected chi connectivity index (χ0v) is 18.1. The lowest BCUT2D eigenvalue weighted by Gasteiger charge is -2.54. The summed E-state index contributed by atoms with van der Waals surface area (Å²) < 4.78 is 6.70. The Labute approximate surface area is 165 Å². The minimum Gasteiger partial charge on any atom is -0.357 e. The van der Waals surface area contributed by atoms with Crippen molar-refractivity contribution in [2.24, 2.45) is 22.7 Å². The molecule has 0 heterocycles. The van der Waals surface area contributed by atoms with Crippen LogP contribution in [0.3, 0.4) is 0 Å². The number of fused-ring (bicyclic) bond motifs is 5. The van der Waals surface area contributed by atoms with Crippen molar-refractivity contribution >= 4 is 5.78 Å². The quantitative estimate of drug-likeness (QED) is 0.509. The normalized spacial score (nSPS) is 41.6. The molecule has 3 nitrogen and oxygen atoms in total. The predicted molar refractivity (Wildman–Crippen MR) is 109 cm³/mol. The van der Waals surface area contributed by atoms with Crippen molar-refractivity contribution < 1.29 is 9.53 Å². The first-order valence-corrected chi connectivity index (χ1v) is 10.9. The standard InChI is InChI=1S/C24H37NO2/c1-22(2,25(5)6)27-21-10-9-19-18-8-7-16-15-17(26)11-13-23(16,3)20(18)12-14-24(19,21)4/h12,15,18-19,21H,7-11,13-14H2,1-6H3/t18?,19?,21?,23-,24-/m0/s1. The first-order valence-electron chi connectivity index (χ1n) is 10.9. The summed E-state index contributed by atoms with van der Waals surface area (Å²) in [5, 5.41) is 0. The molecule has 0 saturated heterocycles. The monoisotopic (exact) mass is 371 g/mol. The molecule has 0 aromatic heterocycles. The second kappa shape index (κ2) is 6.29. The summed E-state index contributed by atoms with van der Waals surface area (Å²) in [6.45, 7) is 9.26. The molecule has 3 unspecified atom stereocenters. The number of nitrogens with zero attached hydrogens (tertiary/aromatic N) is 1. The molecule has 0 amide bonds. The van der Waals surface area contributed by atoms with Crippen molar-refractivity contribution in [2.45, 2.75) is 84.5 Å². The number of hydrogen-bond donors (Lipinski definition) is 0. The number of hydrogen-bond acceptors (Lipinski definition) is 3. The molecular weight excluding hydrogens is 334 g/mol. The van der Waals surface area contributed by atoms with Crippen LogP contribution in [0.1, 0.15) is 72.6 Å². The highest BCUT2D eigenvalue weighted by atomic mass is 16.5. The molecule has 0 N–H and O–H groups in total. The van der Waals surface area contributed by atoms with Crippen LogP contribution in [-0.2, 0) is 9.53 Å². The zero-order chi connectivity index (χ0) is 19.6. The second-order valence-electron chi connectivity index (χ2n) is 10.6. The highest BCUT2D eigenvalue weighted by Gasteiger charge is 2.57. The van der Waals surface area contributed by atoms with E-state index in [0.29, 0.717) is 17.8 Å². The van der Waals surface area contributed by atoms with Crippen LogP contribution in [0.25, 0.3) is 0 Å². The van der Waals surface area contributed by atoms with Crippen LogP contribution in [0.4, 0.5) is 0 Å². The fourth-order valence-corrected chi connectivity index (χ4v) is 6.46. The van der Waals surface area contributed by atoms with E-state index in [1.165, 1.54) is 24.8 Å². The molecule has 0 spiro atoms. The molecule has 0 aromatic carbocycles. The summed E-state index contributed by atoms with van der Waals surface area (Å²) in [5.74, 6) is 1.73. The van der Waals surface area contributed by atoms with E-state index in [-0.39, 0.29) is 16.6 Å². The third-order valence-corrected chi connectivity index (χ3v) is 8.75. The van der Waals surface area contributed by atoms with Crippen molar-refractivity contribution in [3.63, 3.8) is 0 Å². The maximum Gasteiger partial charge on any atom is 0.155 e. The SMILES string of the molecule is CN(C)C(C)(C)OC1CCC2C3CCC4=CC(=O)CC[C@]4(C)C3=CC[C@]12C. The molecule has 27 heavy (non-hydrogen) atoms. The van der Waals surface area contributed by atoms with E-state index in [4.69, 9.17) is 4.74 Å². The largest absolute Gasteiger partial charge is 0.357 e. The van der Waals surface area contributed by atoms with E-state index in [0.717, 1.165) is 31.6 Å². The van der Waals surface area contributed by atoms with E-state index in [1.54, 1.807) is 5.57 Å². The van der Waals surface area contributed by atoms with E-state index in [1.807, 2.05) is 6.08 Å². The Bertz CT molecular complexity index is 703. The van der Waals surface area contributed by atoms with Crippen molar-refractivity contribution in [3.8, 4) is 0 Å². The average Bonchev–Trinajstić information content (AvgIpc) is 2.91. The van der Waals surface area contributed by atoms with Gasteiger partial charge in [0, 0.05) is 17.3 Å². The Kier molecular flexibility index (Phi) is 4.51. The first-order chi connectivity index (χ1) is 12.6. The van der Waals surface area contributed by atoms with Gasteiger partial charge in [-0.25, -0.2) is 0 Å². The van der Waals surface area contributed by atoms with Crippen LogP contribution in [0.15, 0.2) is 23.3 Å². The second-order valence-corrected chi connectivity index (χ2v) is 10.6. The molecular formula is C24H37NO2. The van der Waals surface area contributed by atoms with Crippen molar-refractivity contribution in [1.29, 1.82) is 0 Å². The van der Waals surface area contributed by atoms with Gasteiger partial charge in [-0.3, -0.25) is 9.69 Å². The number of rotatable bonds is 3. The summed E-state index contributed by atoms with van der Waals surface area (Å²) in [5.41, 5.74) is 3.21. The lowest BCUT2D eigenvalue weighted by molar-refractivity contribution is -0.179. The van der Waals surface area contributed by atoms with Crippen LogP contribution in [0, 0.1) is 22.7 Å². The molecule has 4 aliphatic rings. The Morgan fingerprint density at radius 1 is 1.15 bits per heavy atom. The highest BCUT2D eigenvalue weighted by Crippen LogP contribution is 2.63. The lowest BCUT2D eigenvalue weighted by Crippen LogP contribution is -2.50. The summed E-state index contributed by atoms with van der Waals surface area (Å²) in [6.07, 6.45) is 12.5. The average molecular weight is 372 g/mol. The Morgan fingerprint density at radius 3 is 2.59 bits per heavy atom. The Morgan fingerprint density at radius 2 is 1.89 bits per heavy atom. The highest BCUT2D eigenvalue weighted by molar-refractivity contribution is 5.92. The minimum atomic E-state index is -0.231. The van der Waals surface area contributed by atoms with Crippen molar-refractivity contribution in [1.82, 2.24) is 4.90 Å². The molecule has 0 bridgehead atoms. The van der Waals surface area contributed by atoms with Crippen LogP contribution in [-0.4, -0.2) is 36.6 Å². The topological polar surface area (TPSA) is 29.5 Å². The fourth-order valence-electron chi connectivity index (χ4n) is 6.46. The van der Waals surface area contributed by atoms with E-state index < -0.39 is 0 Å². The summed E-state index contributed by atoms with van der Waals surface area (Å²) >= 11 is 0. The number of ether oxygens (including phenoxy) is 1. The Balaban J connectivity index is 1.63. The molecule has 0 aliphatic heterocycles. The molecule has 2 fully saturated rings. The van der Waals surface area contributed by atoms with Crippen LogP contribution in [0.2, 0.25) is 0 Å². The third kappa shape index (κ3) is 2.88. The van der Waals surface area contributed by atoms with E-state index in [2.05, 4.69) is 52.8 Å².